The molecule has 0 radical (unpaired) electrons. The fourth-order valence-electron chi connectivity index (χ4n) is 5.51. The van der Waals surface area contributed by atoms with E-state index in [4.69, 9.17) is 4.98 Å². The van der Waals surface area contributed by atoms with Crippen LogP contribution < -0.4 is 10.5 Å². The van der Waals surface area contributed by atoms with Crippen LogP contribution in [0, 0.1) is 5.92 Å². The van der Waals surface area contributed by atoms with Crippen molar-refractivity contribution in [2.45, 2.75) is 12.5 Å². The molecule has 5 nitrogen and oxygen atoms in total. The Morgan fingerprint density at radius 1 is 0.821 bits per heavy atom. The summed E-state index contributed by atoms with van der Waals surface area (Å²) in [6.07, 6.45) is 1.25. The van der Waals surface area contributed by atoms with E-state index in [-0.39, 0.29) is 0 Å². The zero-order valence-electron chi connectivity index (χ0n) is 15.5. The highest BCUT2D eigenvalue weighted by atomic mass is 16.0. The van der Waals surface area contributed by atoms with Crippen molar-refractivity contribution < 1.29 is 0 Å². The number of anilines is 1. The van der Waals surface area contributed by atoms with E-state index >= 15 is 0 Å². The summed E-state index contributed by atoms with van der Waals surface area (Å²) in [6, 6.07) is 22.2. The van der Waals surface area contributed by atoms with Gasteiger partial charge in [-0.05, 0) is 35.2 Å². The molecule has 4 unspecified atom stereocenters. The number of hydrazine groups is 3. The number of fused-ring (bicyclic) bond motifs is 5. The van der Waals surface area contributed by atoms with Crippen molar-refractivity contribution in [1.82, 2.24) is 20.6 Å². The second-order valence-electron chi connectivity index (χ2n) is 8.35. The summed E-state index contributed by atoms with van der Waals surface area (Å²) in [7, 11) is 0. The van der Waals surface area contributed by atoms with Crippen LogP contribution in [-0.2, 0) is 0 Å². The highest BCUT2D eigenvalue weighted by Gasteiger charge is 2.46. The lowest BCUT2D eigenvalue weighted by Gasteiger charge is -2.59. The summed E-state index contributed by atoms with van der Waals surface area (Å²) < 4.78 is 0. The number of para-hydroxylation sites is 1. The zero-order valence-corrected chi connectivity index (χ0v) is 15.5. The molecule has 4 saturated heterocycles. The molecule has 0 spiro atoms. The van der Waals surface area contributed by atoms with Crippen LogP contribution in [0.15, 0.2) is 60.7 Å². The standard InChI is InChI=1S/C23H21N5/c1-2-6-18-16(5-1)9-10-20-22(18)19-7-3-4-8-21(19)24-23(20)28-17-11-15-12-26(14-17)25-27(28)13-15/h1-10,15,17,25H,11-14H2. The van der Waals surface area contributed by atoms with Crippen LogP contribution in [0.3, 0.4) is 0 Å². The minimum absolute atomic E-state index is 0.483. The van der Waals surface area contributed by atoms with Gasteiger partial charge >= 0.3 is 0 Å². The summed E-state index contributed by atoms with van der Waals surface area (Å²) >= 11 is 0. The van der Waals surface area contributed by atoms with Gasteiger partial charge in [-0.15, -0.1) is 5.12 Å². The monoisotopic (exact) mass is 367 g/mol. The van der Waals surface area contributed by atoms with E-state index < -0.39 is 0 Å². The summed E-state index contributed by atoms with van der Waals surface area (Å²) in [5.74, 6) is 1.83. The molecule has 4 aliphatic heterocycles. The fraction of sp³-hybridized carbons (Fsp3) is 0.261. The second kappa shape index (κ2) is 5.41. The number of aromatic nitrogens is 1. The molecule has 0 amide bonds. The Bertz CT molecular complexity index is 1210. The molecule has 4 aromatic rings. The first-order chi connectivity index (χ1) is 13.8. The number of benzene rings is 3. The van der Waals surface area contributed by atoms with Gasteiger partial charge in [-0.1, -0.05) is 48.5 Å². The Morgan fingerprint density at radius 2 is 1.68 bits per heavy atom. The minimum Gasteiger partial charge on any atom is -0.270 e. The predicted octanol–water partition coefficient (Wildman–Crippen LogP) is 3.70. The topological polar surface area (TPSA) is 34.6 Å². The molecule has 8 rings (SSSR count). The van der Waals surface area contributed by atoms with Crippen LogP contribution in [-0.4, -0.2) is 40.8 Å². The van der Waals surface area contributed by atoms with E-state index in [2.05, 4.69) is 81.3 Å². The van der Waals surface area contributed by atoms with Crippen molar-refractivity contribution in [1.29, 1.82) is 0 Å². The third-order valence-corrected chi connectivity index (χ3v) is 6.60. The van der Waals surface area contributed by atoms with Crippen molar-refractivity contribution in [2.24, 2.45) is 5.92 Å². The van der Waals surface area contributed by atoms with Gasteiger partial charge in [0.1, 0.15) is 0 Å². The molecule has 138 valence electrons. The summed E-state index contributed by atoms with van der Waals surface area (Å²) in [6.45, 7) is 3.27. The second-order valence-corrected chi connectivity index (χ2v) is 8.35. The number of rotatable bonds is 1. The smallest absolute Gasteiger partial charge is 0.153 e. The van der Waals surface area contributed by atoms with Crippen molar-refractivity contribution in [3.63, 3.8) is 0 Å². The number of hydrogen-bond donors (Lipinski definition) is 1. The molecular weight excluding hydrogens is 346 g/mol. The molecule has 1 N–H and O–H groups in total. The predicted molar refractivity (Wildman–Crippen MR) is 113 cm³/mol. The highest BCUT2D eigenvalue weighted by molar-refractivity contribution is 6.22. The zero-order chi connectivity index (χ0) is 18.2. The molecule has 5 heteroatoms. The van der Waals surface area contributed by atoms with Crippen molar-refractivity contribution in [3.05, 3.63) is 60.7 Å². The fourth-order valence-corrected chi connectivity index (χ4v) is 5.51. The van der Waals surface area contributed by atoms with E-state index in [1.807, 2.05) is 0 Å². The summed E-state index contributed by atoms with van der Waals surface area (Å²) in [5, 5.41) is 13.4. The molecular formula is C23H21N5. The number of hydrogen-bond acceptors (Lipinski definition) is 5. The first kappa shape index (κ1) is 15.2. The lowest BCUT2D eigenvalue weighted by atomic mass is 9.91. The Morgan fingerprint density at radius 3 is 2.57 bits per heavy atom. The van der Waals surface area contributed by atoms with E-state index in [1.165, 1.54) is 33.4 Å². The van der Waals surface area contributed by atoms with Gasteiger partial charge in [0, 0.05) is 35.8 Å². The lowest BCUT2D eigenvalue weighted by molar-refractivity contribution is -0.133. The number of nitrogens with one attached hydrogen (secondary N) is 1. The van der Waals surface area contributed by atoms with Crippen molar-refractivity contribution in [3.8, 4) is 0 Å². The Balaban J connectivity index is 1.57. The summed E-state index contributed by atoms with van der Waals surface area (Å²) in [5.41, 5.74) is 4.63. The number of piperidine rings is 1. The van der Waals surface area contributed by atoms with E-state index in [1.54, 1.807) is 0 Å². The van der Waals surface area contributed by atoms with Gasteiger partial charge in [-0.25, -0.2) is 9.99 Å². The maximum Gasteiger partial charge on any atom is 0.153 e. The Labute approximate surface area is 163 Å². The van der Waals surface area contributed by atoms with Gasteiger partial charge in [0.05, 0.1) is 11.6 Å². The SMILES string of the molecule is c1ccc2c(c1)ccc1c(N3C4CC5CN(C4)NN3C5)nc3ccccc3c12. The quantitative estimate of drug-likeness (QED) is 0.519. The normalized spacial score (nSPS) is 28.6. The van der Waals surface area contributed by atoms with Gasteiger partial charge < -0.3 is 0 Å². The maximum absolute atomic E-state index is 5.18. The number of nitrogens with zero attached hydrogens (tertiary/aromatic N) is 4. The van der Waals surface area contributed by atoms with Crippen LogP contribution in [0.2, 0.25) is 0 Å². The molecule has 5 heterocycles. The van der Waals surface area contributed by atoms with Crippen LogP contribution >= 0.6 is 0 Å². The van der Waals surface area contributed by atoms with Gasteiger partial charge in [0.2, 0.25) is 0 Å². The van der Waals surface area contributed by atoms with Crippen LogP contribution in [0.4, 0.5) is 5.82 Å². The van der Waals surface area contributed by atoms with Crippen molar-refractivity contribution in [2.75, 3.05) is 24.6 Å². The largest absolute Gasteiger partial charge is 0.270 e. The Kier molecular flexibility index (Phi) is 2.94. The Hall–Kier alpha value is -2.73. The molecule has 4 bridgehead atoms. The molecule has 4 aliphatic rings. The maximum atomic E-state index is 5.18. The minimum atomic E-state index is 0.483. The van der Waals surface area contributed by atoms with E-state index in [0.29, 0.717) is 6.04 Å². The molecule has 4 atom stereocenters. The van der Waals surface area contributed by atoms with E-state index in [0.717, 1.165) is 36.9 Å². The molecule has 1 aromatic heterocycles. The molecule has 3 aromatic carbocycles. The highest BCUT2D eigenvalue weighted by Crippen LogP contribution is 2.41. The van der Waals surface area contributed by atoms with E-state index in [9.17, 15) is 0 Å². The van der Waals surface area contributed by atoms with Crippen LogP contribution in [0.5, 0.6) is 0 Å². The molecule has 4 fully saturated rings. The van der Waals surface area contributed by atoms with Crippen LogP contribution in [0.25, 0.3) is 32.4 Å². The third kappa shape index (κ3) is 1.98. The third-order valence-electron chi connectivity index (χ3n) is 6.60. The van der Waals surface area contributed by atoms with Gasteiger partial charge in [-0.3, -0.25) is 5.01 Å². The first-order valence-corrected chi connectivity index (χ1v) is 10.1. The first-order valence-electron chi connectivity index (χ1n) is 10.1. The van der Waals surface area contributed by atoms with Gasteiger partial charge in [0.15, 0.2) is 5.82 Å². The number of pyridine rings is 1. The van der Waals surface area contributed by atoms with Crippen LogP contribution in [0.1, 0.15) is 6.42 Å². The van der Waals surface area contributed by atoms with Gasteiger partial charge in [0.25, 0.3) is 0 Å². The molecule has 0 saturated carbocycles. The summed E-state index contributed by atoms with van der Waals surface area (Å²) in [4.78, 5) is 5.18. The molecule has 28 heavy (non-hydrogen) atoms. The van der Waals surface area contributed by atoms with Crippen molar-refractivity contribution >= 4 is 38.3 Å². The average Bonchev–Trinajstić information content (AvgIpc) is 2.72. The van der Waals surface area contributed by atoms with Gasteiger partial charge in [-0.2, -0.15) is 5.53 Å². The lowest BCUT2D eigenvalue weighted by Crippen LogP contribution is -2.77. The molecule has 0 aliphatic carbocycles. The average molecular weight is 367 g/mol.